The second-order valence-corrected chi connectivity index (χ2v) is 3.65. The summed E-state index contributed by atoms with van der Waals surface area (Å²) in [6, 6.07) is 0. The zero-order valence-corrected chi connectivity index (χ0v) is 6.21. The van der Waals surface area contributed by atoms with Crippen molar-refractivity contribution in [3.63, 3.8) is 0 Å². The van der Waals surface area contributed by atoms with Crippen molar-refractivity contribution in [1.29, 1.82) is 0 Å². The first kappa shape index (κ1) is 6.83. The van der Waals surface area contributed by atoms with Crippen molar-refractivity contribution >= 4 is 12.3 Å². The van der Waals surface area contributed by atoms with Gasteiger partial charge in [-0.05, 0) is 18.3 Å². The molecule has 2 aliphatic carbocycles. The van der Waals surface area contributed by atoms with Crippen molar-refractivity contribution in [3.8, 4) is 0 Å². The normalized spacial score (nSPS) is 27.5. The van der Waals surface area contributed by atoms with Crippen LogP contribution in [0.4, 0.5) is 0 Å². The Bertz CT molecular complexity index is 193. The first-order valence-corrected chi connectivity index (χ1v) is 3.85. The van der Waals surface area contributed by atoms with Crippen LogP contribution in [0, 0.1) is 5.41 Å². The van der Waals surface area contributed by atoms with E-state index in [1.165, 1.54) is 0 Å². The average molecular weight is 154 g/mol. The van der Waals surface area contributed by atoms with Crippen molar-refractivity contribution in [3.05, 3.63) is 0 Å². The van der Waals surface area contributed by atoms with E-state index in [2.05, 4.69) is 0 Å². The Balaban J connectivity index is 1.79. The van der Waals surface area contributed by atoms with Crippen molar-refractivity contribution in [2.24, 2.45) is 5.41 Å². The molecule has 0 aromatic rings. The van der Waals surface area contributed by atoms with Gasteiger partial charge in [0.15, 0.2) is 0 Å². The van der Waals surface area contributed by atoms with E-state index < -0.39 is 0 Å². The molecule has 0 N–H and O–H groups in total. The summed E-state index contributed by atoms with van der Waals surface area (Å²) in [5, 5.41) is 0. The summed E-state index contributed by atoms with van der Waals surface area (Å²) in [7, 11) is 0. The zero-order chi connectivity index (χ0) is 7.90. The molecule has 0 heterocycles. The van der Waals surface area contributed by atoms with Gasteiger partial charge in [-0.1, -0.05) is 0 Å². The minimum absolute atomic E-state index is 0.0978. The van der Waals surface area contributed by atoms with Gasteiger partial charge in [0.2, 0.25) is 0 Å². The van der Waals surface area contributed by atoms with Gasteiger partial charge in [-0.2, -0.15) is 0 Å². The van der Waals surface area contributed by atoms with Crippen LogP contribution in [0.3, 0.4) is 0 Å². The Morgan fingerprint density at radius 3 is 2.55 bits per heavy atom. The lowest BCUT2D eigenvalue weighted by atomic mass is 9.54. The predicted molar refractivity (Wildman–Crippen MR) is 36.8 cm³/mol. The quantitative estimate of drug-likeness (QED) is 0.549. The summed E-state index contributed by atoms with van der Waals surface area (Å²) in [5.41, 5.74) is 0.255. The van der Waals surface area contributed by atoms with Crippen LogP contribution in [0.5, 0.6) is 0 Å². The first-order valence-electron chi connectivity index (χ1n) is 3.85. The summed E-state index contributed by atoms with van der Waals surface area (Å²) < 4.78 is 4.75. The Hall–Kier alpha value is -0.860. The highest BCUT2D eigenvalue weighted by Gasteiger charge is 2.53. The molecule has 0 aliphatic heterocycles. The summed E-state index contributed by atoms with van der Waals surface area (Å²) in [6.07, 6.45) is 3.33. The molecule has 1 spiro atoms. The molecule has 0 atom stereocenters. The van der Waals surface area contributed by atoms with Gasteiger partial charge < -0.3 is 4.74 Å². The number of ether oxygens (including phenoxy) is 1. The minimum atomic E-state index is 0.0978. The fraction of sp³-hybridized carbons (Fsp3) is 0.750. The first-order chi connectivity index (χ1) is 5.24. The third-order valence-corrected chi connectivity index (χ3v) is 2.71. The van der Waals surface area contributed by atoms with E-state index in [-0.39, 0.29) is 11.5 Å². The van der Waals surface area contributed by atoms with Crippen LogP contribution >= 0.6 is 0 Å². The van der Waals surface area contributed by atoms with E-state index >= 15 is 0 Å². The molecule has 60 valence electrons. The molecule has 0 aromatic carbocycles. The van der Waals surface area contributed by atoms with E-state index in [4.69, 9.17) is 4.74 Å². The average Bonchev–Trinajstić information content (AvgIpc) is 1.80. The lowest BCUT2D eigenvalue weighted by molar-refractivity contribution is -0.160. The summed E-state index contributed by atoms with van der Waals surface area (Å²) >= 11 is 0. The molecular weight excluding hydrogens is 144 g/mol. The number of Topliss-reactive ketones (excluding diaryl/α,β-unsaturated/α-hetero) is 1. The molecule has 0 saturated heterocycles. The van der Waals surface area contributed by atoms with Gasteiger partial charge in [-0.15, -0.1) is 0 Å². The molecule has 0 unspecified atom stereocenters. The van der Waals surface area contributed by atoms with Crippen LogP contribution in [0.25, 0.3) is 0 Å². The number of hydrogen-bond donors (Lipinski definition) is 0. The highest BCUT2D eigenvalue weighted by atomic mass is 16.5. The van der Waals surface area contributed by atoms with Crippen LogP contribution in [-0.4, -0.2) is 18.4 Å². The number of carbonyl (C=O) groups is 2. The third-order valence-electron chi connectivity index (χ3n) is 2.71. The number of hydrogen-bond acceptors (Lipinski definition) is 3. The maximum Gasteiger partial charge on any atom is 0.293 e. The molecular formula is C8H10O3. The van der Waals surface area contributed by atoms with Crippen LogP contribution in [-0.2, 0) is 14.3 Å². The molecule has 2 saturated carbocycles. The zero-order valence-electron chi connectivity index (χ0n) is 6.21. The van der Waals surface area contributed by atoms with Gasteiger partial charge in [0.1, 0.15) is 11.9 Å². The van der Waals surface area contributed by atoms with Gasteiger partial charge in [-0.3, -0.25) is 9.59 Å². The molecule has 3 nitrogen and oxygen atoms in total. The highest BCUT2D eigenvalue weighted by molar-refractivity contribution is 5.86. The molecule has 0 bridgehead atoms. The van der Waals surface area contributed by atoms with Gasteiger partial charge in [0.25, 0.3) is 6.47 Å². The molecule has 2 fully saturated rings. The molecule has 2 rings (SSSR count). The highest BCUT2D eigenvalue weighted by Crippen LogP contribution is 2.54. The minimum Gasteiger partial charge on any atom is -0.465 e. The second kappa shape index (κ2) is 2.06. The van der Waals surface area contributed by atoms with E-state index in [1.54, 1.807) is 0 Å². The topological polar surface area (TPSA) is 43.4 Å². The van der Waals surface area contributed by atoms with Gasteiger partial charge in [0, 0.05) is 12.8 Å². The molecule has 2 aliphatic rings. The third kappa shape index (κ3) is 0.951. The van der Waals surface area contributed by atoms with Crippen LogP contribution in [0.15, 0.2) is 0 Å². The lowest BCUT2D eigenvalue weighted by Gasteiger charge is -2.51. The van der Waals surface area contributed by atoms with Gasteiger partial charge in [-0.25, -0.2) is 0 Å². The number of rotatable bonds is 2. The Morgan fingerprint density at radius 2 is 2.09 bits per heavy atom. The largest absolute Gasteiger partial charge is 0.465 e. The standard InChI is InChI=1S/C8H10O3/c9-5-11-7-3-8(4-7)1-6(10)2-8/h5,7H,1-4H2. The Morgan fingerprint density at radius 1 is 1.45 bits per heavy atom. The van der Waals surface area contributed by atoms with E-state index in [0.717, 1.165) is 12.8 Å². The van der Waals surface area contributed by atoms with E-state index in [9.17, 15) is 9.59 Å². The summed E-state index contributed by atoms with van der Waals surface area (Å²) in [4.78, 5) is 20.6. The monoisotopic (exact) mass is 154 g/mol. The Kier molecular flexibility index (Phi) is 1.28. The van der Waals surface area contributed by atoms with Crippen molar-refractivity contribution in [1.82, 2.24) is 0 Å². The molecule has 0 aromatic heterocycles. The fourth-order valence-electron chi connectivity index (χ4n) is 2.15. The van der Waals surface area contributed by atoms with Crippen LogP contribution < -0.4 is 0 Å². The molecule has 0 radical (unpaired) electrons. The van der Waals surface area contributed by atoms with Crippen LogP contribution in [0.2, 0.25) is 0 Å². The van der Waals surface area contributed by atoms with Gasteiger partial charge in [0.05, 0.1) is 0 Å². The Labute approximate surface area is 64.7 Å². The van der Waals surface area contributed by atoms with E-state index in [1.807, 2.05) is 0 Å². The van der Waals surface area contributed by atoms with Crippen molar-refractivity contribution in [2.75, 3.05) is 0 Å². The number of carbonyl (C=O) groups excluding carboxylic acids is 2. The molecule has 0 amide bonds. The lowest BCUT2D eigenvalue weighted by Crippen LogP contribution is -2.51. The predicted octanol–water partition coefficient (Wildman–Crippen LogP) is 0.671. The second-order valence-electron chi connectivity index (χ2n) is 3.65. The van der Waals surface area contributed by atoms with Crippen LogP contribution in [0.1, 0.15) is 25.7 Å². The fourth-order valence-corrected chi connectivity index (χ4v) is 2.15. The van der Waals surface area contributed by atoms with E-state index in [0.29, 0.717) is 25.1 Å². The molecule has 3 heteroatoms. The SMILES string of the molecule is O=COC1CC2(CC(=O)C2)C1. The van der Waals surface area contributed by atoms with Gasteiger partial charge >= 0.3 is 0 Å². The summed E-state index contributed by atoms with van der Waals surface area (Å²) in [5.74, 6) is 0.356. The smallest absolute Gasteiger partial charge is 0.293 e. The maximum atomic E-state index is 10.7. The maximum absolute atomic E-state index is 10.7. The summed E-state index contributed by atoms with van der Waals surface area (Å²) in [6.45, 7) is 0.498. The number of ketones is 1. The van der Waals surface area contributed by atoms with Crippen molar-refractivity contribution < 1.29 is 14.3 Å². The molecule has 11 heavy (non-hydrogen) atoms. The van der Waals surface area contributed by atoms with Crippen molar-refractivity contribution in [2.45, 2.75) is 31.8 Å².